The Labute approximate surface area is 170 Å². The Morgan fingerprint density at radius 2 is 1.82 bits per heavy atom. The molecule has 3 aliphatic rings. The molecular weight excluding hydrogens is 398 g/mol. The van der Waals surface area contributed by atoms with E-state index < -0.39 is 11.6 Å². The molecule has 0 N–H and O–H groups in total. The van der Waals surface area contributed by atoms with Gasteiger partial charge in [0.25, 0.3) is 0 Å². The van der Waals surface area contributed by atoms with Crippen molar-refractivity contribution in [1.82, 2.24) is 9.97 Å². The van der Waals surface area contributed by atoms with Crippen molar-refractivity contribution in [3.63, 3.8) is 0 Å². The number of fused-ring (bicyclic) bond motifs is 2. The SMILES string of the molecule is O=C1C(=O)c2ccccc2C2=C1SCC1(CCN(c3cc(Cl)ncn3)CC1)O2. The Balaban J connectivity index is 1.41. The monoisotopic (exact) mass is 413 g/mol. The van der Waals surface area contributed by atoms with E-state index in [9.17, 15) is 9.59 Å². The van der Waals surface area contributed by atoms with E-state index in [1.807, 2.05) is 12.1 Å². The van der Waals surface area contributed by atoms with Crippen LogP contribution >= 0.6 is 23.4 Å². The highest BCUT2D eigenvalue weighted by Crippen LogP contribution is 2.47. The van der Waals surface area contributed by atoms with E-state index >= 15 is 0 Å². The fraction of sp³-hybridized carbons (Fsp3) is 0.300. The Bertz CT molecular complexity index is 1030. The molecule has 0 saturated carbocycles. The molecule has 0 radical (unpaired) electrons. The molecule has 5 rings (SSSR count). The lowest BCUT2D eigenvalue weighted by molar-refractivity contribution is -0.111. The van der Waals surface area contributed by atoms with Crippen LogP contribution < -0.4 is 4.90 Å². The summed E-state index contributed by atoms with van der Waals surface area (Å²) in [4.78, 5) is 35.7. The topological polar surface area (TPSA) is 72.4 Å². The van der Waals surface area contributed by atoms with Crippen molar-refractivity contribution < 1.29 is 14.3 Å². The first-order valence-corrected chi connectivity index (χ1v) is 10.4. The first-order chi connectivity index (χ1) is 13.6. The second-order valence-corrected chi connectivity index (χ2v) is 8.49. The van der Waals surface area contributed by atoms with Crippen LogP contribution in [0.5, 0.6) is 0 Å². The average molecular weight is 414 g/mol. The van der Waals surface area contributed by atoms with Gasteiger partial charge in [-0.3, -0.25) is 9.59 Å². The lowest BCUT2D eigenvalue weighted by Crippen LogP contribution is -2.49. The van der Waals surface area contributed by atoms with Crippen LogP contribution in [0.1, 0.15) is 28.8 Å². The van der Waals surface area contributed by atoms with Gasteiger partial charge in [-0.15, -0.1) is 11.8 Å². The molecule has 1 aliphatic carbocycles. The van der Waals surface area contributed by atoms with E-state index in [1.54, 1.807) is 18.2 Å². The third-order valence-corrected chi connectivity index (χ3v) is 6.99. The average Bonchev–Trinajstić information content (AvgIpc) is 2.73. The van der Waals surface area contributed by atoms with Crippen LogP contribution in [0.4, 0.5) is 5.82 Å². The first kappa shape index (κ1) is 17.7. The number of anilines is 1. The number of nitrogens with zero attached hydrogens (tertiary/aromatic N) is 3. The van der Waals surface area contributed by atoms with E-state index in [2.05, 4.69) is 14.9 Å². The highest BCUT2D eigenvalue weighted by molar-refractivity contribution is 8.04. The van der Waals surface area contributed by atoms with Gasteiger partial charge >= 0.3 is 0 Å². The first-order valence-electron chi connectivity index (χ1n) is 9.03. The molecule has 2 aromatic rings. The molecule has 6 nitrogen and oxygen atoms in total. The molecule has 2 aliphatic heterocycles. The summed E-state index contributed by atoms with van der Waals surface area (Å²) in [6.45, 7) is 1.54. The highest BCUT2D eigenvalue weighted by Gasteiger charge is 2.46. The minimum atomic E-state index is -0.457. The number of allylic oxidation sites excluding steroid dienone is 1. The minimum Gasteiger partial charge on any atom is -0.484 e. The number of benzene rings is 1. The summed E-state index contributed by atoms with van der Waals surface area (Å²) in [7, 11) is 0. The van der Waals surface area contributed by atoms with Gasteiger partial charge in [0.2, 0.25) is 11.6 Å². The zero-order valence-corrected chi connectivity index (χ0v) is 16.4. The Kier molecular flexibility index (Phi) is 4.17. The second-order valence-electron chi connectivity index (χ2n) is 7.12. The summed E-state index contributed by atoms with van der Waals surface area (Å²) in [5.74, 6) is 1.13. The van der Waals surface area contributed by atoms with E-state index in [1.165, 1.54) is 18.1 Å². The Morgan fingerprint density at radius 3 is 2.57 bits per heavy atom. The second kappa shape index (κ2) is 6.60. The van der Waals surface area contributed by atoms with Gasteiger partial charge in [0.05, 0.1) is 0 Å². The fourth-order valence-electron chi connectivity index (χ4n) is 3.90. The smallest absolute Gasteiger partial charge is 0.243 e. The molecular formula is C20H16ClN3O3S. The molecule has 1 aromatic carbocycles. The van der Waals surface area contributed by atoms with E-state index in [-0.39, 0.29) is 5.60 Å². The lowest BCUT2D eigenvalue weighted by atomic mass is 9.90. The summed E-state index contributed by atoms with van der Waals surface area (Å²) in [5, 5.41) is 0.423. The number of hydrogen-bond acceptors (Lipinski definition) is 7. The van der Waals surface area contributed by atoms with E-state index in [0.717, 1.165) is 37.3 Å². The minimum absolute atomic E-state index is 0.357. The number of piperidine rings is 1. The zero-order chi connectivity index (χ0) is 19.3. The van der Waals surface area contributed by atoms with E-state index in [0.29, 0.717) is 27.1 Å². The molecule has 142 valence electrons. The van der Waals surface area contributed by atoms with Crippen LogP contribution in [0.2, 0.25) is 5.15 Å². The standard InChI is InChI=1S/C20H16ClN3O3S/c21-14-9-15(23-11-22-14)24-7-5-20(6-8-24)10-28-19-17(26)16(25)12-3-1-2-4-13(12)18(19)27-20/h1-4,9,11H,5-8,10H2. The molecule has 1 saturated heterocycles. The van der Waals surface area contributed by atoms with E-state index in [4.69, 9.17) is 16.3 Å². The number of carbonyl (C=O) groups excluding carboxylic acids is 2. The largest absolute Gasteiger partial charge is 0.484 e. The van der Waals surface area contributed by atoms with Gasteiger partial charge < -0.3 is 9.64 Å². The van der Waals surface area contributed by atoms with Crippen LogP contribution in [0.3, 0.4) is 0 Å². The van der Waals surface area contributed by atoms with Gasteiger partial charge in [-0.05, 0) is 0 Å². The van der Waals surface area contributed by atoms with Crippen molar-refractivity contribution in [2.45, 2.75) is 18.4 Å². The summed E-state index contributed by atoms with van der Waals surface area (Å²) in [5.41, 5.74) is 0.792. The number of ether oxygens (including phenoxy) is 1. The molecule has 1 aromatic heterocycles. The maximum Gasteiger partial charge on any atom is 0.243 e. The fourth-order valence-corrected chi connectivity index (χ4v) is 5.30. The number of thioether (sulfide) groups is 1. The summed E-state index contributed by atoms with van der Waals surface area (Å²) in [6, 6.07) is 8.94. The van der Waals surface area contributed by atoms with Gasteiger partial charge in [0, 0.05) is 48.9 Å². The quantitative estimate of drug-likeness (QED) is 0.524. The van der Waals surface area contributed by atoms with Crippen LogP contribution in [-0.2, 0) is 9.53 Å². The van der Waals surface area contributed by atoms with Crippen molar-refractivity contribution >= 4 is 46.5 Å². The molecule has 1 fully saturated rings. The highest BCUT2D eigenvalue weighted by atomic mass is 35.5. The van der Waals surface area contributed by atoms with Gasteiger partial charge in [-0.25, -0.2) is 9.97 Å². The predicted molar refractivity (Wildman–Crippen MR) is 107 cm³/mol. The number of aromatic nitrogens is 2. The molecule has 0 amide bonds. The normalized spacial score (nSPS) is 20.7. The number of Topliss-reactive ketones (excluding diaryl/α,β-unsaturated/α-hetero) is 2. The maximum absolute atomic E-state index is 12.5. The Morgan fingerprint density at radius 1 is 1.07 bits per heavy atom. The molecule has 0 unspecified atom stereocenters. The maximum atomic E-state index is 12.5. The Hall–Kier alpha value is -2.38. The van der Waals surface area contributed by atoms with Crippen LogP contribution in [0, 0.1) is 0 Å². The van der Waals surface area contributed by atoms with Gasteiger partial charge in [0.1, 0.15) is 33.6 Å². The lowest BCUT2D eigenvalue weighted by Gasteiger charge is -2.45. The summed E-state index contributed by atoms with van der Waals surface area (Å²) >= 11 is 7.43. The van der Waals surface area contributed by atoms with Crippen molar-refractivity contribution in [1.29, 1.82) is 0 Å². The number of carbonyl (C=O) groups is 2. The number of rotatable bonds is 1. The van der Waals surface area contributed by atoms with Crippen molar-refractivity contribution in [2.24, 2.45) is 0 Å². The third-order valence-electron chi connectivity index (χ3n) is 5.45. The van der Waals surface area contributed by atoms with Crippen LogP contribution in [0.15, 0.2) is 41.6 Å². The summed E-state index contributed by atoms with van der Waals surface area (Å²) < 4.78 is 6.47. The number of halogens is 1. The number of ketones is 2. The van der Waals surface area contributed by atoms with Gasteiger partial charge in [0.15, 0.2) is 0 Å². The number of hydrogen-bond donors (Lipinski definition) is 0. The van der Waals surface area contributed by atoms with Gasteiger partial charge in [-0.2, -0.15) is 0 Å². The van der Waals surface area contributed by atoms with Gasteiger partial charge in [-0.1, -0.05) is 35.9 Å². The van der Waals surface area contributed by atoms with Crippen molar-refractivity contribution in [2.75, 3.05) is 23.7 Å². The van der Waals surface area contributed by atoms with Crippen molar-refractivity contribution in [3.8, 4) is 0 Å². The third kappa shape index (κ3) is 2.81. The summed E-state index contributed by atoms with van der Waals surface area (Å²) in [6.07, 6.45) is 3.05. The van der Waals surface area contributed by atoms with Crippen molar-refractivity contribution in [3.05, 3.63) is 57.8 Å². The molecule has 0 bridgehead atoms. The van der Waals surface area contributed by atoms with Crippen LogP contribution in [0.25, 0.3) is 5.76 Å². The molecule has 3 heterocycles. The predicted octanol–water partition coefficient (Wildman–Crippen LogP) is 3.37. The molecule has 0 atom stereocenters. The molecule has 1 spiro atoms. The van der Waals surface area contributed by atoms with Crippen LogP contribution in [-0.4, -0.2) is 46.0 Å². The zero-order valence-electron chi connectivity index (χ0n) is 14.9. The molecule has 28 heavy (non-hydrogen) atoms. The molecule has 8 heteroatoms.